The van der Waals surface area contributed by atoms with Gasteiger partial charge < -0.3 is 10.1 Å². The molecule has 0 spiro atoms. The Balaban J connectivity index is 1.99. The van der Waals surface area contributed by atoms with Gasteiger partial charge in [0.25, 0.3) is 0 Å². The first kappa shape index (κ1) is 19.8. The molecule has 5 nitrogen and oxygen atoms in total. The van der Waals surface area contributed by atoms with Crippen molar-refractivity contribution >= 4 is 15.7 Å². The van der Waals surface area contributed by atoms with E-state index >= 15 is 0 Å². The number of benzene rings is 1. The van der Waals surface area contributed by atoms with Crippen molar-refractivity contribution in [3.8, 4) is 5.75 Å². The molecule has 2 rings (SSSR count). The molecule has 0 aromatic heterocycles. The highest BCUT2D eigenvalue weighted by atomic mass is 32.2. The second-order valence-electron chi connectivity index (χ2n) is 7.59. The highest BCUT2D eigenvalue weighted by Crippen LogP contribution is 2.31. The number of hydrogen-bond donors (Lipinski definition) is 1. The maximum atomic E-state index is 12.5. The quantitative estimate of drug-likeness (QED) is 0.838. The number of amides is 1. The van der Waals surface area contributed by atoms with Crippen LogP contribution in [0.4, 0.5) is 0 Å². The number of carbonyl (C=O) groups is 1. The van der Waals surface area contributed by atoms with E-state index in [1.54, 1.807) is 19.1 Å². The molecule has 0 radical (unpaired) electrons. The van der Waals surface area contributed by atoms with Crippen molar-refractivity contribution in [1.82, 2.24) is 5.32 Å². The van der Waals surface area contributed by atoms with Gasteiger partial charge in [-0.25, -0.2) is 8.42 Å². The smallest absolute Gasteiger partial charge is 0.224 e. The summed E-state index contributed by atoms with van der Waals surface area (Å²) >= 11 is 0. The van der Waals surface area contributed by atoms with E-state index in [4.69, 9.17) is 4.74 Å². The first-order valence-corrected chi connectivity index (χ1v) is 10.5. The lowest BCUT2D eigenvalue weighted by Gasteiger charge is -2.37. The normalized spacial score (nSPS) is 25.2. The van der Waals surface area contributed by atoms with Gasteiger partial charge >= 0.3 is 0 Å². The zero-order valence-corrected chi connectivity index (χ0v) is 16.4. The Labute approximate surface area is 151 Å². The molecule has 1 aromatic rings. The minimum Gasteiger partial charge on any atom is -0.497 e. The first-order chi connectivity index (χ1) is 11.6. The molecule has 1 atom stereocenters. The third kappa shape index (κ3) is 5.21. The molecule has 0 heterocycles. The molecule has 140 valence electrons. The van der Waals surface area contributed by atoms with E-state index in [1.807, 2.05) is 0 Å². The number of hydrogen-bond acceptors (Lipinski definition) is 4. The van der Waals surface area contributed by atoms with E-state index in [-0.39, 0.29) is 22.1 Å². The van der Waals surface area contributed by atoms with Crippen LogP contribution in [0.2, 0.25) is 0 Å². The van der Waals surface area contributed by atoms with Crippen LogP contribution in [0.1, 0.15) is 46.5 Å². The van der Waals surface area contributed by atoms with Crippen molar-refractivity contribution in [2.24, 2.45) is 11.8 Å². The van der Waals surface area contributed by atoms with Crippen LogP contribution >= 0.6 is 0 Å². The zero-order chi connectivity index (χ0) is 18.7. The Kier molecular flexibility index (Phi) is 6.14. The van der Waals surface area contributed by atoms with Gasteiger partial charge in [0.1, 0.15) is 5.75 Å². The molecule has 1 aromatic carbocycles. The average molecular weight is 368 g/mol. The third-order valence-electron chi connectivity index (χ3n) is 5.14. The largest absolute Gasteiger partial charge is 0.497 e. The maximum Gasteiger partial charge on any atom is 0.224 e. The summed E-state index contributed by atoms with van der Waals surface area (Å²) in [6, 6.07) is 6.26. The van der Waals surface area contributed by atoms with E-state index in [0.717, 1.165) is 25.7 Å². The Morgan fingerprint density at radius 3 is 2.36 bits per heavy atom. The topological polar surface area (TPSA) is 72.5 Å². The standard InChI is InChI=1S/C19H29NO4S/c1-14-9-11-19(3,12-10-14)20-18(21)15(2)13-25(22,23)17-7-5-16(24-4)6-8-17/h5-8,14-15H,9-13H2,1-4H3,(H,20,21). The van der Waals surface area contributed by atoms with Crippen LogP contribution in [0.25, 0.3) is 0 Å². The van der Waals surface area contributed by atoms with Crippen molar-refractivity contribution in [3.63, 3.8) is 0 Å². The molecular weight excluding hydrogens is 338 g/mol. The summed E-state index contributed by atoms with van der Waals surface area (Å²) in [5, 5.41) is 3.08. The van der Waals surface area contributed by atoms with Crippen LogP contribution in [0, 0.1) is 11.8 Å². The number of methoxy groups -OCH3 is 1. The van der Waals surface area contributed by atoms with Crippen molar-refractivity contribution in [1.29, 1.82) is 0 Å². The monoisotopic (exact) mass is 367 g/mol. The highest BCUT2D eigenvalue weighted by molar-refractivity contribution is 7.91. The fourth-order valence-corrected chi connectivity index (χ4v) is 4.78. The Bertz CT molecular complexity index is 689. The SMILES string of the molecule is COc1ccc(S(=O)(=O)CC(C)C(=O)NC2(C)CCC(C)CC2)cc1. The predicted molar refractivity (Wildman–Crippen MR) is 98.4 cm³/mol. The van der Waals surface area contributed by atoms with Crippen molar-refractivity contribution in [2.45, 2.75) is 56.9 Å². The first-order valence-electron chi connectivity index (χ1n) is 8.84. The highest BCUT2D eigenvalue weighted by Gasteiger charge is 2.33. The zero-order valence-electron chi connectivity index (χ0n) is 15.5. The van der Waals surface area contributed by atoms with Crippen LogP contribution in [-0.2, 0) is 14.6 Å². The van der Waals surface area contributed by atoms with Crippen LogP contribution in [-0.4, -0.2) is 32.7 Å². The summed E-state index contributed by atoms with van der Waals surface area (Å²) in [5.41, 5.74) is -0.221. The van der Waals surface area contributed by atoms with Crippen LogP contribution in [0.5, 0.6) is 5.75 Å². The van der Waals surface area contributed by atoms with Gasteiger partial charge in [0.05, 0.1) is 17.8 Å². The molecular formula is C19H29NO4S. The molecule has 25 heavy (non-hydrogen) atoms. The molecule has 0 aliphatic heterocycles. The third-order valence-corrected chi connectivity index (χ3v) is 7.07. The summed E-state index contributed by atoms with van der Waals surface area (Å²) in [7, 11) is -1.99. The summed E-state index contributed by atoms with van der Waals surface area (Å²) < 4.78 is 30.1. The van der Waals surface area contributed by atoms with Gasteiger partial charge in [-0.3, -0.25) is 4.79 Å². The van der Waals surface area contributed by atoms with E-state index < -0.39 is 15.8 Å². The number of carbonyl (C=O) groups excluding carboxylic acids is 1. The molecule has 1 unspecified atom stereocenters. The summed E-state index contributed by atoms with van der Waals surface area (Å²) in [4.78, 5) is 12.7. The maximum absolute atomic E-state index is 12.5. The Morgan fingerprint density at radius 1 is 1.28 bits per heavy atom. The van der Waals surface area contributed by atoms with E-state index in [1.165, 1.54) is 19.2 Å². The second kappa shape index (κ2) is 7.77. The number of ether oxygens (including phenoxy) is 1. The lowest BCUT2D eigenvalue weighted by Crippen LogP contribution is -2.50. The van der Waals surface area contributed by atoms with Gasteiger partial charge in [0.2, 0.25) is 5.91 Å². The van der Waals surface area contributed by atoms with Crippen LogP contribution < -0.4 is 10.1 Å². The fraction of sp³-hybridized carbons (Fsp3) is 0.632. The van der Waals surface area contributed by atoms with Crippen molar-refractivity contribution < 1.29 is 17.9 Å². The van der Waals surface area contributed by atoms with Gasteiger partial charge in [-0.1, -0.05) is 13.8 Å². The fourth-order valence-electron chi connectivity index (χ4n) is 3.23. The average Bonchev–Trinajstić information content (AvgIpc) is 2.57. The van der Waals surface area contributed by atoms with E-state index in [0.29, 0.717) is 11.7 Å². The second-order valence-corrected chi connectivity index (χ2v) is 9.62. The summed E-state index contributed by atoms with van der Waals surface area (Å²) in [6.07, 6.45) is 4.07. The minimum absolute atomic E-state index is 0.186. The Morgan fingerprint density at radius 2 is 1.84 bits per heavy atom. The molecule has 6 heteroatoms. The molecule has 1 aliphatic carbocycles. The van der Waals surface area contributed by atoms with Crippen LogP contribution in [0.3, 0.4) is 0 Å². The lowest BCUT2D eigenvalue weighted by atomic mass is 9.78. The molecule has 0 bridgehead atoms. The molecule has 1 fully saturated rings. The lowest BCUT2D eigenvalue weighted by molar-refractivity contribution is -0.126. The number of nitrogens with one attached hydrogen (secondary N) is 1. The summed E-state index contributed by atoms with van der Waals surface area (Å²) in [5.74, 6) is 0.317. The molecule has 1 N–H and O–H groups in total. The predicted octanol–water partition coefficient (Wildman–Crippen LogP) is 3.19. The molecule has 1 saturated carbocycles. The van der Waals surface area contributed by atoms with Gasteiger partial charge in [-0.15, -0.1) is 0 Å². The molecule has 1 aliphatic rings. The van der Waals surface area contributed by atoms with Crippen LogP contribution in [0.15, 0.2) is 29.2 Å². The molecule has 0 saturated heterocycles. The van der Waals surface area contributed by atoms with E-state index in [9.17, 15) is 13.2 Å². The van der Waals surface area contributed by atoms with Gasteiger partial charge in [-0.2, -0.15) is 0 Å². The van der Waals surface area contributed by atoms with E-state index in [2.05, 4.69) is 19.2 Å². The van der Waals surface area contributed by atoms with Crippen molar-refractivity contribution in [3.05, 3.63) is 24.3 Å². The van der Waals surface area contributed by atoms with Gasteiger partial charge in [-0.05, 0) is 62.8 Å². The number of sulfone groups is 1. The number of rotatable bonds is 6. The van der Waals surface area contributed by atoms with Gasteiger partial charge in [0.15, 0.2) is 9.84 Å². The van der Waals surface area contributed by atoms with Crippen molar-refractivity contribution in [2.75, 3.05) is 12.9 Å². The van der Waals surface area contributed by atoms with Gasteiger partial charge in [0, 0.05) is 11.5 Å². The molecule has 1 amide bonds. The summed E-state index contributed by atoms with van der Waals surface area (Å²) in [6.45, 7) is 5.96. The Hall–Kier alpha value is -1.56. The minimum atomic E-state index is -3.52.